The first-order chi connectivity index (χ1) is 7.79. The predicted molar refractivity (Wildman–Crippen MR) is 63.6 cm³/mol. The summed E-state index contributed by atoms with van der Waals surface area (Å²) in [4.78, 5) is 7.20. The lowest BCUT2D eigenvalue weighted by Crippen LogP contribution is -2.02. The van der Waals surface area contributed by atoms with Gasteiger partial charge in [0.15, 0.2) is 0 Å². The van der Waals surface area contributed by atoms with E-state index >= 15 is 0 Å². The van der Waals surface area contributed by atoms with Gasteiger partial charge in [-0.15, -0.1) is 0 Å². The van der Waals surface area contributed by atoms with E-state index in [9.17, 15) is 0 Å². The zero-order valence-corrected chi connectivity index (χ0v) is 9.45. The second kappa shape index (κ2) is 4.70. The summed E-state index contributed by atoms with van der Waals surface area (Å²) in [6.07, 6.45) is 3.57. The molecule has 0 aliphatic rings. The number of aromatic amines is 1. The minimum atomic E-state index is 0.695. The number of imidazole rings is 1. The van der Waals surface area contributed by atoms with Crippen molar-refractivity contribution in [3.8, 4) is 5.75 Å². The zero-order chi connectivity index (χ0) is 11.4. The molecule has 0 bridgehead atoms. The Hall–Kier alpha value is -1.97. The van der Waals surface area contributed by atoms with E-state index in [1.807, 2.05) is 31.3 Å². The molecule has 1 aromatic carbocycles. The molecule has 1 aromatic heterocycles. The maximum atomic E-state index is 5.15. The van der Waals surface area contributed by atoms with Crippen LogP contribution in [-0.2, 0) is 6.54 Å². The van der Waals surface area contributed by atoms with Gasteiger partial charge >= 0.3 is 0 Å². The monoisotopic (exact) mass is 217 g/mol. The molecular formula is C12H15N3O. The van der Waals surface area contributed by atoms with E-state index in [0.29, 0.717) is 6.54 Å². The smallest absolute Gasteiger partial charge is 0.125 e. The summed E-state index contributed by atoms with van der Waals surface area (Å²) in [5.41, 5.74) is 2.25. The largest absolute Gasteiger partial charge is 0.497 e. The van der Waals surface area contributed by atoms with Crippen molar-refractivity contribution in [1.82, 2.24) is 9.97 Å². The lowest BCUT2D eigenvalue weighted by atomic mass is 10.2. The Morgan fingerprint density at radius 1 is 1.44 bits per heavy atom. The molecule has 4 heteroatoms. The Bertz CT molecular complexity index is 451. The van der Waals surface area contributed by atoms with E-state index in [1.54, 1.807) is 13.3 Å². The molecule has 0 atom stereocenters. The summed E-state index contributed by atoms with van der Waals surface area (Å²) in [5, 5.41) is 3.32. The van der Waals surface area contributed by atoms with E-state index in [0.717, 1.165) is 22.8 Å². The van der Waals surface area contributed by atoms with Crippen molar-refractivity contribution < 1.29 is 4.74 Å². The summed E-state index contributed by atoms with van der Waals surface area (Å²) < 4.78 is 5.15. The molecule has 0 amide bonds. The van der Waals surface area contributed by atoms with Crippen LogP contribution >= 0.6 is 0 Å². The zero-order valence-electron chi connectivity index (χ0n) is 9.45. The van der Waals surface area contributed by atoms with Gasteiger partial charge in [0.25, 0.3) is 0 Å². The molecule has 0 saturated carbocycles. The number of aryl methyl sites for hydroxylation is 1. The molecule has 16 heavy (non-hydrogen) atoms. The van der Waals surface area contributed by atoms with Gasteiger partial charge in [-0.05, 0) is 30.7 Å². The first-order valence-corrected chi connectivity index (χ1v) is 5.16. The molecule has 0 aliphatic heterocycles. The van der Waals surface area contributed by atoms with Crippen LogP contribution in [-0.4, -0.2) is 17.1 Å². The van der Waals surface area contributed by atoms with Gasteiger partial charge in [0.1, 0.15) is 11.6 Å². The van der Waals surface area contributed by atoms with Gasteiger partial charge in [-0.1, -0.05) is 0 Å². The molecule has 0 radical (unpaired) electrons. The van der Waals surface area contributed by atoms with Gasteiger partial charge in [-0.3, -0.25) is 0 Å². The fraction of sp³-hybridized carbons (Fsp3) is 0.250. The summed E-state index contributed by atoms with van der Waals surface area (Å²) in [5.74, 6) is 1.80. The molecule has 0 saturated heterocycles. The Morgan fingerprint density at radius 3 is 2.94 bits per heavy atom. The first-order valence-electron chi connectivity index (χ1n) is 5.16. The molecule has 0 spiro atoms. The summed E-state index contributed by atoms with van der Waals surface area (Å²) in [6.45, 7) is 2.74. The van der Waals surface area contributed by atoms with Crippen LogP contribution < -0.4 is 10.1 Å². The predicted octanol–water partition coefficient (Wildman–Crippen LogP) is 2.34. The van der Waals surface area contributed by atoms with Crippen molar-refractivity contribution in [1.29, 1.82) is 0 Å². The Labute approximate surface area is 94.7 Å². The number of aromatic nitrogens is 2. The van der Waals surface area contributed by atoms with Gasteiger partial charge in [0.2, 0.25) is 0 Å². The summed E-state index contributed by atoms with van der Waals surface area (Å²) >= 11 is 0. The highest BCUT2D eigenvalue weighted by Gasteiger charge is 2.00. The van der Waals surface area contributed by atoms with Crippen molar-refractivity contribution in [2.24, 2.45) is 0 Å². The van der Waals surface area contributed by atoms with Crippen LogP contribution in [0.25, 0.3) is 0 Å². The highest BCUT2D eigenvalue weighted by Crippen LogP contribution is 2.21. The third-order valence-corrected chi connectivity index (χ3v) is 2.43. The van der Waals surface area contributed by atoms with Gasteiger partial charge in [-0.2, -0.15) is 0 Å². The van der Waals surface area contributed by atoms with Crippen molar-refractivity contribution >= 4 is 5.69 Å². The molecule has 0 aliphatic carbocycles. The van der Waals surface area contributed by atoms with Crippen LogP contribution in [0.3, 0.4) is 0 Å². The second-order valence-corrected chi connectivity index (χ2v) is 3.57. The fourth-order valence-corrected chi connectivity index (χ4v) is 1.54. The average Bonchev–Trinajstić information content (AvgIpc) is 2.80. The van der Waals surface area contributed by atoms with Crippen molar-refractivity contribution in [2.75, 3.05) is 12.4 Å². The SMILES string of the molecule is COc1ccc(NCc2ncc[nH]2)c(C)c1. The van der Waals surface area contributed by atoms with Crippen LogP contribution in [0.1, 0.15) is 11.4 Å². The number of benzene rings is 1. The highest BCUT2D eigenvalue weighted by molar-refractivity contribution is 5.53. The van der Waals surface area contributed by atoms with Crippen molar-refractivity contribution in [2.45, 2.75) is 13.5 Å². The van der Waals surface area contributed by atoms with Crippen LogP contribution in [0.2, 0.25) is 0 Å². The highest BCUT2D eigenvalue weighted by atomic mass is 16.5. The number of hydrogen-bond donors (Lipinski definition) is 2. The molecule has 2 aromatic rings. The third-order valence-electron chi connectivity index (χ3n) is 2.43. The fourth-order valence-electron chi connectivity index (χ4n) is 1.54. The third kappa shape index (κ3) is 2.34. The minimum Gasteiger partial charge on any atom is -0.497 e. The van der Waals surface area contributed by atoms with Crippen LogP contribution in [0.15, 0.2) is 30.6 Å². The lowest BCUT2D eigenvalue weighted by molar-refractivity contribution is 0.414. The minimum absolute atomic E-state index is 0.695. The number of anilines is 1. The summed E-state index contributed by atoms with van der Waals surface area (Å²) in [6, 6.07) is 5.96. The maximum absolute atomic E-state index is 5.15. The number of H-pyrrole nitrogens is 1. The maximum Gasteiger partial charge on any atom is 0.125 e. The Balaban J connectivity index is 2.04. The van der Waals surface area contributed by atoms with Crippen LogP contribution in [0, 0.1) is 6.92 Å². The normalized spacial score (nSPS) is 10.1. The van der Waals surface area contributed by atoms with E-state index in [1.165, 1.54) is 0 Å². The first kappa shape index (κ1) is 10.5. The molecule has 0 fully saturated rings. The number of rotatable bonds is 4. The number of hydrogen-bond acceptors (Lipinski definition) is 3. The van der Waals surface area contributed by atoms with Crippen LogP contribution in [0.5, 0.6) is 5.75 Å². The number of methoxy groups -OCH3 is 1. The number of nitrogens with one attached hydrogen (secondary N) is 2. The van der Waals surface area contributed by atoms with Gasteiger partial charge in [-0.25, -0.2) is 4.98 Å². The van der Waals surface area contributed by atoms with E-state index in [2.05, 4.69) is 15.3 Å². The second-order valence-electron chi connectivity index (χ2n) is 3.57. The molecule has 0 unspecified atom stereocenters. The Morgan fingerprint density at radius 2 is 2.31 bits per heavy atom. The molecule has 2 rings (SSSR count). The number of ether oxygens (including phenoxy) is 1. The lowest BCUT2D eigenvalue weighted by Gasteiger charge is -2.09. The van der Waals surface area contributed by atoms with Gasteiger partial charge in [0.05, 0.1) is 13.7 Å². The summed E-state index contributed by atoms with van der Waals surface area (Å²) in [7, 11) is 1.67. The van der Waals surface area contributed by atoms with E-state index < -0.39 is 0 Å². The topological polar surface area (TPSA) is 49.9 Å². The van der Waals surface area contributed by atoms with E-state index in [-0.39, 0.29) is 0 Å². The quantitative estimate of drug-likeness (QED) is 0.826. The molecule has 84 valence electrons. The average molecular weight is 217 g/mol. The van der Waals surface area contributed by atoms with Crippen molar-refractivity contribution in [3.63, 3.8) is 0 Å². The molecule has 2 N–H and O–H groups in total. The van der Waals surface area contributed by atoms with Crippen molar-refractivity contribution in [3.05, 3.63) is 42.0 Å². The molecule has 1 heterocycles. The van der Waals surface area contributed by atoms with Gasteiger partial charge in [0, 0.05) is 18.1 Å². The van der Waals surface area contributed by atoms with E-state index in [4.69, 9.17) is 4.74 Å². The molecule has 4 nitrogen and oxygen atoms in total. The molecular weight excluding hydrogens is 202 g/mol. The Kier molecular flexibility index (Phi) is 3.10. The standard InChI is InChI=1S/C12H15N3O/c1-9-7-10(16-2)3-4-11(9)15-8-12-13-5-6-14-12/h3-7,15H,8H2,1-2H3,(H,13,14). The number of nitrogens with zero attached hydrogens (tertiary/aromatic N) is 1. The van der Waals surface area contributed by atoms with Gasteiger partial charge < -0.3 is 15.0 Å². The van der Waals surface area contributed by atoms with Crippen LogP contribution in [0.4, 0.5) is 5.69 Å².